The van der Waals surface area contributed by atoms with Gasteiger partial charge in [-0.1, -0.05) is 48.0 Å². The van der Waals surface area contributed by atoms with E-state index >= 15 is 0 Å². The molecule has 1 N–H and O–H groups in total. The van der Waals surface area contributed by atoms with Crippen LogP contribution in [0.4, 0.5) is 5.69 Å². The first kappa shape index (κ1) is 27.7. The Balaban J connectivity index is 2.12. The van der Waals surface area contributed by atoms with Crippen molar-refractivity contribution in [2.75, 3.05) is 30.2 Å². The molecule has 2 aromatic carbocycles. The molecule has 0 spiro atoms. The van der Waals surface area contributed by atoms with E-state index in [9.17, 15) is 18.0 Å². The lowest BCUT2D eigenvalue weighted by Gasteiger charge is -2.29. The highest BCUT2D eigenvalue weighted by atomic mass is 35.5. The molecular formula is C25H34ClN3O4S. The first-order valence-corrected chi connectivity index (χ1v) is 13.6. The number of likely N-dealkylation sites (N-methyl/N-ethyl adjacent to an activating group) is 1. The zero-order chi connectivity index (χ0) is 25.3. The van der Waals surface area contributed by atoms with Crippen LogP contribution in [-0.2, 0) is 26.0 Å². The molecule has 0 unspecified atom stereocenters. The Bertz CT molecular complexity index is 1080. The van der Waals surface area contributed by atoms with Crippen molar-refractivity contribution in [3.8, 4) is 0 Å². The third-order valence-electron chi connectivity index (χ3n) is 5.59. The minimum atomic E-state index is -3.57. The minimum absolute atomic E-state index is 0.115. The third-order valence-corrected chi connectivity index (χ3v) is 7.01. The number of nitrogens with zero attached hydrogens (tertiary/aromatic N) is 2. The second-order valence-electron chi connectivity index (χ2n) is 8.26. The number of carbonyl (C=O) groups is 2. The first-order valence-electron chi connectivity index (χ1n) is 11.4. The predicted octanol–water partition coefficient (Wildman–Crippen LogP) is 3.79. The fourth-order valence-corrected chi connectivity index (χ4v) is 4.91. The molecule has 186 valence electrons. The van der Waals surface area contributed by atoms with Crippen LogP contribution in [0.25, 0.3) is 0 Å². The molecule has 2 amide bonds. The van der Waals surface area contributed by atoms with Crippen LogP contribution in [0.3, 0.4) is 0 Å². The highest BCUT2D eigenvalue weighted by molar-refractivity contribution is 7.92. The average molecular weight is 508 g/mol. The number of amides is 2. The van der Waals surface area contributed by atoms with Gasteiger partial charge in [-0.05, 0) is 56.9 Å². The largest absolute Gasteiger partial charge is 0.355 e. The highest BCUT2D eigenvalue weighted by Gasteiger charge is 2.26. The van der Waals surface area contributed by atoms with Crippen LogP contribution in [0.15, 0.2) is 48.5 Å². The summed E-state index contributed by atoms with van der Waals surface area (Å²) in [6.07, 6.45) is 2.18. The quantitative estimate of drug-likeness (QED) is 0.473. The van der Waals surface area contributed by atoms with Crippen LogP contribution in [-0.4, -0.2) is 57.1 Å². The molecule has 0 aromatic heterocycles. The zero-order valence-electron chi connectivity index (χ0n) is 20.3. The molecule has 2 rings (SSSR count). The van der Waals surface area contributed by atoms with Crippen LogP contribution in [0.1, 0.15) is 37.8 Å². The second-order valence-corrected chi connectivity index (χ2v) is 10.6. The molecule has 9 heteroatoms. The summed E-state index contributed by atoms with van der Waals surface area (Å²) in [5.41, 5.74) is 2.35. The molecule has 0 fully saturated rings. The molecule has 0 aliphatic rings. The third kappa shape index (κ3) is 8.02. The molecular weight excluding hydrogens is 474 g/mol. The van der Waals surface area contributed by atoms with Crippen molar-refractivity contribution in [3.63, 3.8) is 0 Å². The van der Waals surface area contributed by atoms with E-state index in [2.05, 4.69) is 5.32 Å². The maximum Gasteiger partial charge on any atom is 0.242 e. The highest BCUT2D eigenvalue weighted by Crippen LogP contribution is 2.26. The van der Waals surface area contributed by atoms with E-state index < -0.39 is 16.1 Å². The number of rotatable bonds is 12. The Morgan fingerprint density at radius 2 is 1.76 bits per heavy atom. The molecule has 1 atom stereocenters. The zero-order valence-corrected chi connectivity index (χ0v) is 21.8. The Kier molecular flexibility index (Phi) is 10.4. The number of carbonyl (C=O) groups excluding carboxylic acids is 2. The Morgan fingerprint density at radius 1 is 1.09 bits per heavy atom. The molecule has 7 nitrogen and oxygen atoms in total. The number of aryl methyl sites for hydroxylation is 1. The summed E-state index contributed by atoms with van der Waals surface area (Å²) in [4.78, 5) is 27.2. The van der Waals surface area contributed by atoms with Crippen molar-refractivity contribution >= 4 is 39.1 Å². The standard InChI is InChI=1S/C25H34ClN3O4S/c1-5-27-25(31)20(3)28(17-15-21-10-7-6-8-11-21)24(30)12-9-16-29(34(4,32)33)23-18-22(26)14-13-19(23)2/h6-8,10-11,13-14,18,20H,5,9,12,15-17H2,1-4H3,(H,27,31)/t20-/m1/s1. The summed E-state index contributed by atoms with van der Waals surface area (Å²) < 4.78 is 26.2. The molecule has 34 heavy (non-hydrogen) atoms. The second kappa shape index (κ2) is 12.8. The van der Waals surface area contributed by atoms with Crippen molar-refractivity contribution < 1.29 is 18.0 Å². The van der Waals surface area contributed by atoms with Gasteiger partial charge in [0.2, 0.25) is 21.8 Å². The van der Waals surface area contributed by atoms with E-state index in [1.807, 2.05) is 44.2 Å². The number of sulfonamides is 1. The van der Waals surface area contributed by atoms with Gasteiger partial charge in [-0.2, -0.15) is 0 Å². The smallest absolute Gasteiger partial charge is 0.242 e. The van der Waals surface area contributed by atoms with Gasteiger partial charge in [-0.15, -0.1) is 0 Å². The normalized spacial score (nSPS) is 12.1. The summed E-state index contributed by atoms with van der Waals surface area (Å²) in [6, 6.07) is 14.2. The van der Waals surface area contributed by atoms with E-state index in [-0.39, 0.29) is 24.8 Å². The fourth-order valence-electron chi connectivity index (χ4n) is 3.73. The van der Waals surface area contributed by atoms with Gasteiger partial charge in [0.05, 0.1) is 11.9 Å². The Morgan fingerprint density at radius 3 is 2.38 bits per heavy atom. The van der Waals surface area contributed by atoms with Crippen LogP contribution in [0, 0.1) is 6.92 Å². The molecule has 0 bridgehead atoms. The summed E-state index contributed by atoms with van der Waals surface area (Å²) in [6.45, 7) is 6.36. The van der Waals surface area contributed by atoms with Crippen molar-refractivity contribution in [2.24, 2.45) is 0 Å². The van der Waals surface area contributed by atoms with Crippen molar-refractivity contribution in [3.05, 3.63) is 64.7 Å². The lowest BCUT2D eigenvalue weighted by molar-refractivity contribution is -0.139. The van der Waals surface area contributed by atoms with E-state index in [1.54, 1.807) is 30.0 Å². The number of anilines is 1. The molecule has 0 aliphatic heterocycles. The van der Waals surface area contributed by atoms with Crippen molar-refractivity contribution in [2.45, 2.75) is 46.1 Å². The summed E-state index contributed by atoms with van der Waals surface area (Å²) >= 11 is 6.09. The average Bonchev–Trinajstić information content (AvgIpc) is 2.78. The van der Waals surface area contributed by atoms with Gasteiger partial charge in [0, 0.05) is 31.1 Å². The van der Waals surface area contributed by atoms with Crippen LogP contribution >= 0.6 is 11.6 Å². The predicted molar refractivity (Wildman–Crippen MR) is 138 cm³/mol. The lowest BCUT2D eigenvalue weighted by Crippen LogP contribution is -2.48. The summed E-state index contributed by atoms with van der Waals surface area (Å²) in [5.74, 6) is -0.401. The molecule has 0 heterocycles. The van der Waals surface area contributed by atoms with Gasteiger partial charge in [-0.25, -0.2) is 8.42 Å². The van der Waals surface area contributed by atoms with Crippen LogP contribution in [0.2, 0.25) is 5.02 Å². The number of hydrogen-bond donors (Lipinski definition) is 1. The van der Waals surface area contributed by atoms with Gasteiger partial charge in [0.1, 0.15) is 6.04 Å². The van der Waals surface area contributed by atoms with Crippen molar-refractivity contribution in [1.29, 1.82) is 0 Å². The maximum absolute atomic E-state index is 13.2. The number of benzene rings is 2. The Labute approximate surface area is 208 Å². The first-order chi connectivity index (χ1) is 16.0. The lowest BCUT2D eigenvalue weighted by atomic mass is 10.1. The SMILES string of the molecule is CCNC(=O)[C@@H](C)N(CCc1ccccc1)C(=O)CCCN(c1cc(Cl)ccc1C)S(C)(=O)=O. The topological polar surface area (TPSA) is 86.8 Å². The van der Waals surface area contributed by atoms with Crippen molar-refractivity contribution in [1.82, 2.24) is 10.2 Å². The van der Waals surface area contributed by atoms with E-state index in [0.29, 0.717) is 36.6 Å². The molecule has 2 aromatic rings. The fraction of sp³-hybridized carbons (Fsp3) is 0.440. The van der Waals surface area contributed by atoms with Crippen LogP contribution < -0.4 is 9.62 Å². The molecule has 0 radical (unpaired) electrons. The number of nitrogens with one attached hydrogen (secondary N) is 1. The minimum Gasteiger partial charge on any atom is -0.355 e. The Hall–Kier alpha value is -2.58. The van der Waals surface area contributed by atoms with Crippen LogP contribution in [0.5, 0.6) is 0 Å². The molecule has 0 saturated heterocycles. The number of hydrogen-bond acceptors (Lipinski definition) is 4. The monoisotopic (exact) mass is 507 g/mol. The number of halogens is 1. The van der Waals surface area contributed by atoms with E-state index in [1.165, 1.54) is 4.31 Å². The van der Waals surface area contributed by atoms with Gasteiger partial charge >= 0.3 is 0 Å². The molecule has 0 aliphatic carbocycles. The van der Waals surface area contributed by atoms with E-state index in [4.69, 9.17) is 11.6 Å². The summed E-state index contributed by atoms with van der Waals surface area (Å²) in [7, 11) is -3.57. The maximum atomic E-state index is 13.2. The van der Waals surface area contributed by atoms with Gasteiger partial charge < -0.3 is 10.2 Å². The van der Waals surface area contributed by atoms with Gasteiger partial charge in [-0.3, -0.25) is 13.9 Å². The van der Waals surface area contributed by atoms with Gasteiger partial charge in [0.15, 0.2) is 0 Å². The van der Waals surface area contributed by atoms with Gasteiger partial charge in [0.25, 0.3) is 0 Å². The molecule has 0 saturated carbocycles. The van der Waals surface area contributed by atoms with E-state index in [0.717, 1.165) is 17.4 Å². The summed E-state index contributed by atoms with van der Waals surface area (Å²) in [5, 5.41) is 3.21.